The lowest BCUT2D eigenvalue weighted by atomic mass is 10.2. The molecule has 0 fully saturated rings. The molecule has 1 aromatic rings. The van der Waals surface area contributed by atoms with E-state index in [1.54, 1.807) is 6.07 Å². The zero-order chi connectivity index (χ0) is 12.7. The quantitative estimate of drug-likeness (QED) is 0.579. The van der Waals surface area contributed by atoms with Crippen molar-refractivity contribution in [3.05, 3.63) is 17.9 Å². The summed E-state index contributed by atoms with van der Waals surface area (Å²) in [5.74, 6) is 0.538. The Balaban J connectivity index is 2.26. The molecule has 1 heterocycles. The molecule has 0 aliphatic rings. The third-order valence-corrected chi connectivity index (χ3v) is 3.01. The average molecular weight is 262 g/mol. The van der Waals surface area contributed by atoms with Crippen LogP contribution in [0.4, 0.5) is 0 Å². The van der Waals surface area contributed by atoms with Crippen molar-refractivity contribution in [2.24, 2.45) is 5.14 Å². The molecule has 1 aromatic heterocycles. The van der Waals surface area contributed by atoms with E-state index in [0.29, 0.717) is 12.3 Å². The van der Waals surface area contributed by atoms with Crippen LogP contribution in [-0.2, 0) is 16.6 Å². The van der Waals surface area contributed by atoms with Crippen LogP contribution in [0.1, 0.15) is 25.0 Å². The van der Waals surface area contributed by atoms with Gasteiger partial charge in [-0.2, -0.15) is 0 Å². The number of furan rings is 1. The molecule has 7 heteroatoms. The van der Waals surface area contributed by atoms with Gasteiger partial charge in [0.1, 0.15) is 5.76 Å². The highest BCUT2D eigenvalue weighted by atomic mass is 32.2. The number of nitrogens with one attached hydrogen (secondary N) is 1. The largest absolute Gasteiger partial charge is 0.447 e. The Labute approximate surface area is 101 Å². The maximum atomic E-state index is 10.9. The third-order valence-electron chi connectivity index (χ3n) is 2.23. The molecule has 17 heavy (non-hydrogen) atoms. The molecule has 0 amide bonds. The van der Waals surface area contributed by atoms with Crippen LogP contribution in [0, 0.1) is 0 Å². The van der Waals surface area contributed by atoms with Gasteiger partial charge in [0, 0.05) is 6.61 Å². The first-order valence-electron chi connectivity index (χ1n) is 5.47. The minimum Gasteiger partial charge on any atom is -0.447 e. The predicted octanol–water partition coefficient (Wildman–Crippen LogP) is 0.179. The SMILES string of the molecule is NS(=O)(=O)c1ccc(CNCCCCCO)o1. The van der Waals surface area contributed by atoms with E-state index in [1.807, 2.05) is 0 Å². The maximum Gasteiger partial charge on any atom is 0.271 e. The van der Waals surface area contributed by atoms with Crippen molar-refractivity contribution in [1.29, 1.82) is 0 Å². The van der Waals surface area contributed by atoms with Gasteiger partial charge in [0.05, 0.1) is 6.54 Å². The van der Waals surface area contributed by atoms with Crippen molar-refractivity contribution in [3.63, 3.8) is 0 Å². The van der Waals surface area contributed by atoms with Crippen LogP contribution in [-0.4, -0.2) is 26.7 Å². The standard InChI is InChI=1S/C10H18N2O4S/c11-17(14,15)10-5-4-9(16-10)8-12-6-2-1-3-7-13/h4-5,12-13H,1-3,6-8H2,(H2,11,14,15). The van der Waals surface area contributed by atoms with Gasteiger partial charge in [0.15, 0.2) is 0 Å². The summed E-state index contributed by atoms with van der Waals surface area (Å²) in [5.41, 5.74) is 0. The van der Waals surface area contributed by atoms with Gasteiger partial charge < -0.3 is 14.8 Å². The molecule has 0 aromatic carbocycles. The Bertz CT molecular complexity index is 427. The molecule has 0 aliphatic carbocycles. The van der Waals surface area contributed by atoms with E-state index >= 15 is 0 Å². The molecular formula is C10H18N2O4S. The summed E-state index contributed by atoms with van der Waals surface area (Å²) in [4.78, 5) is 0. The van der Waals surface area contributed by atoms with Crippen molar-refractivity contribution in [2.75, 3.05) is 13.2 Å². The second kappa shape index (κ2) is 6.75. The number of aliphatic hydroxyl groups excluding tert-OH is 1. The normalized spacial score (nSPS) is 11.9. The Morgan fingerprint density at radius 3 is 2.65 bits per heavy atom. The molecule has 1 rings (SSSR count). The van der Waals surface area contributed by atoms with E-state index in [9.17, 15) is 8.42 Å². The summed E-state index contributed by atoms with van der Waals surface area (Å²) >= 11 is 0. The average Bonchev–Trinajstić information content (AvgIpc) is 2.71. The zero-order valence-electron chi connectivity index (χ0n) is 9.55. The summed E-state index contributed by atoms with van der Waals surface area (Å²) < 4.78 is 26.9. The van der Waals surface area contributed by atoms with Gasteiger partial charge in [-0.15, -0.1) is 0 Å². The van der Waals surface area contributed by atoms with E-state index < -0.39 is 10.0 Å². The Kier molecular flexibility index (Phi) is 5.63. The molecule has 0 unspecified atom stereocenters. The summed E-state index contributed by atoms with van der Waals surface area (Å²) in [7, 11) is -3.75. The molecule has 4 N–H and O–H groups in total. The Morgan fingerprint density at radius 2 is 2.06 bits per heavy atom. The molecule has 0 aliphatic heterocycles. The van der Waals surface area contributed by atoms with Crippen LogP contribution in [0.2, 0.25) is 0 Å². The van der Waals surface area contributed by atoms with Crippen LogP contribution in [0.15, 0.2) is 21.6 Å². The third kappa shape index (κ3) is 5.31. The molecule has 0 radical (unpaired) electrons. The molecule has 0 spiro atoms. The summed E-state index contributed by atoms with van der Waals surface area (Å²) in [6.45, 7) is 1.48. The van der Waals surface area contributed by atoms with Crippen molar-refractivity contribution in [1.82, 2.24) is 5.32 Å². The zero-order valence-corrected chi connectivity index (χ0v) is 10.4. The van der Waals surface area contributed by atoms with Crippen molar-refractivity contribution < 1.29 is 17.9 Å². The van der Waals surface area contributed by atoms with E-state index in [0.717, 1.165) is 25.8 Å². The number of hydrogen-bond donors (Lipinski definition) is 3. The molecule has 98 valence electrons. The number of hydrogen-bond acceptors (Lipinski definition) is 5. The minimum atomic E-state index is -3.75. The van der Waals surface area contributed by atoms with E-state index in [-0.39, 0.29) is 11.7 Å². The van der Waals surface area contributed by atoms with Crippen LogP contribution in [0.3, 0.4) is 0 Å². The fraction of sp³-hybridized carbons (Fsp3) is 0.600. The van der Waals surface area contributed by atoms with Gasteiger partial charge in [-0.25, -0.2) is 13.6 Å². The number of unbranched alkanes of at least 4 members (excludes halogenated alkanes) is 2. The monoisotopic (exact) mass is 262 g/mol. The van der Waals surface area contributed by atoms with Crippen molar-refractivity contribution in [3.8, 4) is 0 Å². The number of rotatable bonds is 8. The topological polar surface area (TPSA) is 106 Å². The summed E-state index contributed by atoms with van der Waals surface area (Å²) in [6.07, 6.45) is 2.73. The molecule has 0 saturated heterocycles. The maximum absolute atomic E-state index is 10.9. The van der Waals surface area contributed by atoms with Gasteiger partial charge in [-0.3, -0.25) is 0 Å². The highest BCUT2D eigenvalue weighted by Gasteiger charge is 2.12. The van der Waals surface area contributed by atoms with Crippen molar-refractivity contribution in [2.45, 2.75) is 30.9 Å². The second-order valence-corrected chi connectivity index (χ2v) is 5.22. The second-order valence-electron chi connectivity index (χ2n) is 3.73. The highest BCUT2D eigenvalue weighted by Crippen LogP contribution is 2.11. The Hall–Kier alpha value is -0.890. The number of nitrogens with two attached hydrogens (primary N) is 1. The lowest BCUT2D eigenvalue weighted by Crippen LogP contribution is -2.14. The minimum absolute atomic E-state index is 0.213. The van der Waals surface area contributed by atoms with Crippen LogP contribution >= 0.6 is 0 Å². The summed E-state index contributed by atoms with van der Waals surface area (Å²) in [6, 6.07) is 2.93. The molecule has 0 atom stereocenters. The number of sulfonamides is 1. The molecular weight excluding hydrogens is 244 g/mol. The highest BCUT2D eigenvalue weighted by molar-refractivity contribution is 7.89. The van der Waals surface area contributed by atoms with Crippen LogP contribution in [0.5, 0.6) is 0 Å². The van der Waals surface area contributed by atoms with Crippen LogP contribution < -0.4 is 10.5 Å². The van der Waals surface area contributed by atoms with E-state index in [1.165, 1.54) is 6.07 Å². The van der Waals surface area contributed by atoms with Crippen LogP contribution in [0.25, 0.3) is 0 Å². The number of primary sulfonamides is 1. The first kappa shape index (κ1) is 14.2. The Morgan fingerprint density at radius 1 is 1.29 bits per heavy atom. The smallest absolute Gasteiger partial charge is 0.271 e. The molecule has 0 saturated carbocycles. The lowest BCUT2D eigenvalue weighted by molar-refractivity contribution is 0.282. The first-order valence-corrected chi connectivity index (χ1v) is 7.02. The molecule has 0 bridgehead atoms. The molecule has 6 nitrogen and oxygen atoms in total. The first-order chi connectivity index (χ1) is 8.04. The van der Waals surface area contributed by atoms with Gasteiger partial charge >= 0.3 is 0 Å². The lowest BCUT2D eigenvalue weighted by Gasteiger charge is -2.01. The summed E-state index contributed by atoms with van der Waals surface area (Å²) in [5, 5.41) is 16.4. The number of aliphatic hydroxyl groups is 1. The fourth-order valence-electron chi connectivity index (χ4n) is 1.36. The van der Waals surface area contributed by atoms with E-state index in [2.05, 4.69) is 5.32 Å². The van der Waals surface area contributed by atoms with Gasteiger partial charge in [0.25, 0.3) is 10.0 Å². The van der Waals surface area contributed by atoms with Gasteiger partial charge in [0.2, 0.25) is 5.09 Å². The fourth-order valence-corrected chi connectivity index (χ4v) is 1.84. The van der Waals surface area contributed by atoms with E-state index in [4.69, 9.17) is 14.7 Å². The van der Waals surface area contributed by atoms with Gasteiger partial charge in [-0.05, 0) is 37.9 Å². The predicted molar refractivity (Wildman–Crippen MR) is 62.7 cm³/mol. The van der Waals surface area contributed by atoms with Gasteiger partial charge in [-0.1, -0.05) is 0 Å². The van der Waals surface area contributed by atoms with Crippen molar-refractivity contribution >= 4 is 10.0 Å².